The Morgan fingerprint density at radius 1 is 0.935 bits per heavy atom. The molecule has 0 atom stereocenters. The van der Waals surface area contributed by atoms with Crippen LogP contribution >= 0.6 is 0 Å². The van der Waals surface area contributed by atoms with E-state index in [1.54, 1.807) is 12.1 Å². The molecule has 0 saturated carbocycles. The van der Waals surface area contributed by atoms with Crippen molar-refractivity contribution >= 4 is 17.5 Å². The lowest BCUT2D eigenvalue weighted by molar-refractivity contribution is -0.384. The van der Waals surface area contributed by atoms with Crippen molar-refractivity contribution in [1.82, 2.24) is 10.9 Å². The van der Waals surface area contributed by atoms with E-state index < -0.39 is 16.7 Å². The molecule has 0 aromatic heterocycles. The van der Waals surface area contributed by atoms with Crippen LogP contribution in [0.4, 0.5) is 5.69 Å². The van der Waals surface area contributed by atoms with E-state index in [1.165, 1.54) is 19.2 Å². The van der Waals surface area contributed by atoms with Crippen LogP contribution in [0.1, 0.15) is 10.4 Å². The second-order valence-electron chi connectivity index (χ2n) is 6.29. The molecule has 0 saturated heterocycles. The fourth-order valence-electron chi connectivity index (χ4n) is 2.81. The number of hydrogen-bond donors (Lipinski definition) is 2. The number of carbonyl (C=O) groups is 2. The number of methoxy groups -OCH3 is 1. The van der Waals surface area contributed by atoms with Gasteiger partial charge in [0.15, 0.2) is 6.61 Å². The molecule has 0 aliphatic rings. The molecule has 0 heterocycles. The van der Waals surface area contributed by atoms with Crippen molar-refractivity contribution in [2.75, 3.05) is 13.7 Å². The molecule has 2 amide bonds. The molecule has 0 unspecified atom stereocenters. The van der Waals surface area contributed by atoms with Crippen LogP contribution in [-0.2, 0) is 4.79 Å². The Hall–Kier alpha value is -4.40. The molecule has 0 aliphatic heterocycles. The Balaban J connectivity index is 1.61. The van der Waals surface area contributed by atoms with Gasteiger partial charge in [-0.1, -0.05) is 48.5 Å². The summed E-state index contributed by atoms with van der Waals surface area (Å²) < 4.78 is 10.7. The van der Waals surface area contributed by atoms with E-state index in [9.17, 15) is 19.7 Å². The van der Waals surface area contributed by atoms with Gasteiger partial charge in [-0.15, -0.1) is 0 Å². The Morgan fingerprint density at radius 3 is 2.35 bits per heavy atom. The molecule has 3 rings (SSSR count). The number of hydrogen-bond acceptors (Lipinski definition) is 6. The van der Waals surface area contributed by atoms with Crippen LogP contribution in [0.5, 0.6) is 11.5 Å². The van der Waals surface area contributed by atoms with Gasteiger partial charge in [0.1, 0.15) is 11.5 Å². The van der Waals surface area contributed by atoms with Crippen LogP contribution in [0, 0.1) is 10.1 Å². The van der Waals surface area contributed by atoms with E-state index in [0.29, 0.717) is 5.75 Å². The van der Waals surface area contributed by atoms with Crippen LogP contribution in [0.3, 0.4) is 0 Å². The zero-order valence-electron chi connectivity index (χ0n) is 16.5. The molecule has 9 nitrogen and oxygen atoms in total. The summed E-state index contributed by atoms with van der Waals surface area (Å²) in [5.74, 6) is -0.736. The quantitative estimate of drug-likeness (QED) is 0.447. The molecule has 0 radical (unpaired) electrons. The average Bonchev–Trinajstić information content (AvgIpc) is 2.81. The molecule has 3 aromatic carbocycles. The Kier molecular flexibility index (Phi) is 6.79. The summed E-state index contributed by atoms with van der Waals surface area (Å²) in [5, 5.41) is 10.9. The van der Waals surface area contributed by atoms with Crippen molar-refractivity contribution in [3.05, 3.63) is 88.5 Å². The first-order chi connectivity index (χ1) is 15.0. The van der Waals surface area contributed by atoms with Gasteiger partial charge < -0.3 is 9.47 Å². The second kappa shape index (κ2) is 9.88. The van der Waals surface area contributed by atoms with Gasteiger partial charge in [-0.05, 0) is 17.7 Å². The molecule has 0 bridgehead atoms. The predicted molar refractivity (Wildman–Crippen MR) is 113 cm³/mol. The smallest absolute Gasteiger partial charge is 0.276 e. The van der Waals surface area contributed by atoms with Crippen LogP contribution in [-0.4, -0.2) is 30.5 Å². The normalized spacial score (nSPS) is 10.1. The molecule has 9 heteroatoms. The summed E-state index contributed by atoms with van der Waals surface area (Å²) in [6.45, 7) is -0.351. The lowest BCUT2D eigenvalue weighted by atomic mass is 10.1. The lowest BCUT2D eigenvalue weighted by Gasteiger charge is -2.13. The monoisotopic (exact) mass is 421 g/mol. The highest BCUT2D eigenvalue weighted by Crippen LogP contribution is 2.29. The van der Waals surface area contributed by atoms with E-state index in [2.05, 4.69) is 10.9 Å². The van der Waals surface area contributed by atoms with Crippen molar-refractivity contribution in [3.63, 3.8) is 0 Å². The first-order valence-electron chi connectivity index (χ1n) is 9.18. The Bertz CT molecular complexity index is 1100. The summed E-state index contributed by atoms with van der Waals surface area (Å²) in [6, 6.07) is 20.4. The molecule has 2 N–H and O–H groups in total. The predicted octanol–water partition coefficient (Wildman–Crippen LogP) is 3.11. The largest absolute Gasteiger partial charge is 0.496 e. The number of nitrogens with one attached hydrogen (secondary N) is 2. The molecule has 0 aliphatic carbocycles. The highest BCUT2D eigenvalue weighted by molar-refractivity contribution is 5.98. The number of benzene rings is 3. The molecular weight excluding hydrogens is 402 g/mol. The second-order valence-corrected chi connectivity index (χ2v) is 6.29. The third kappa shape index (κ3) is 5.36. The summed E-state index contributed by atoms with van der Waals surface area (Å²) in [6.07, 6.45) is 0. The fourth-order valence-corrected chi connectivity index (χ4v) is 2.81. The van der Waals surface area contributed by atoms with Crippen molar-refractivity contribution in [2.24, 2.45) is 0 Å². The maximum atomic E-state index is 12.3. The highest BCUT2D eigenvalue weighted by atomic mass is 16.6. The minimum absolute atomic E-state index is 0.0904. The number of amides is 2. The van der Waals surface area contributed by atoms with Crippen LogP contribution < -0.4 is 20.3 Å². The molecule has 3 aromatic rings. The number of nitro benzene ring substituents is 1. The van der Waals surface area contributed by atoms with Crippen molar-refractivity contribution in [3.8, 4) is 22.6 Å². The zero-order valence-corrected chi connectivity index (χ0v) is 16.5. The van der Waals surface area contributed by atoms with Gasteiger partial charge in [0.2, 0.25) is 0 Å². The van der Waals surface area contributed by atoms with Crippen LogP contribution in [0.15, 0.2) is 72.8 Å². The lowest BCUT2D eigenvalue weighted by Crippen LogP contribution is -2.44. The van der Waals surface area contributed by atoms with E-state index in [-0.39, 0.29) is 23.6 Å². The molecule has 0 fully saturated rings. The maximum absolute atomic E-state index is 12.3. The van der Waals surface area contributed by atoms with Gasteiger partial charge in [-0.25, -0.2) is 0 Å². The number of non-ortho nitro benzene ring substituents is 1. The molecule has 31 heavy (non-hydrogen) atoms. The summed E-state index contributed by atoms with van der Waals surface area (Å²) in [4.78, 5) is 34.8. The minimum Gasteiger partial charge on any atom is -0.496 e. The average molecular weight is 421 g/mol. The summed E-state index contributed by atoms with van der Waals surface area (Å²) in [5.41, 5.74) is 5.81. The van der Waals surface area contributed by atoms with Crippen molar-refractivity contribution in [1.29, 1.82) is 0 Å². The third-order valence-corrected chi connectivity index (χ3v) is 4.28. The number of hydrazine groups is 1. The van der Waals surface area contributed by atoms with Crippen LogP contribution in [0.2, 0.25) is 0 Å². The fraction of sp³-hybridized carbons (Fsp3) is 0.0909. The first-order valence-corrected chi connectivity index (χ1v) is 9.18. The first kappa shape index (κ1) is 21.3. The highest BCUT2D eigenvalue weighted by Gasteiger charge is 2.18. The van der Waals surface area contributed by atoms with Gasteiger partial charge in [0.25, 0.3) is 17.5 Å². The van der Waals surface area contributed by atoms with Gasteiger partial charge in [0.05, 0.1) is 17.6 Å². The van der Waals surface area contributed by atoms with Crippen molar-refractivity contribution in [2.45, 2.75) is 0 Å². The third-order valence-electron chi connectivity index (χ3n) is 4.28. The number of nitro groups is 1. The summed E-state index contributed by atoms with van der Waals surface area (Å²) in [7, 11) is 1.33. The van der Waals surface area contributed by atoms with Gasteiger partial charge in [0, 0.05) is 17.7 Å². The standard InChI is InChI=1S/C22H19N3O6/c1-30-19-12-11-16(25(28)29)13-18(19)22(27)24-23-21(26)14-31-20-10-6-5-9-17(20)15-7-3-2-4-8-15/h2-13H,14H2,1H3,(H,23,26)(H,24,27). The Morgan fingerprint density at radius 2 is 1.65 bits per heavy atom. The number of nitrogens with zero attached hydrogens (tertiary/aromatic N) is 1. The van der Waals surface area contributed by atoms with Gasteiger partial charge >= 0.3 is 0 Å². The number of ether oxygens (including phenoxy) is 2. The maximum Gasteiger partial charge on any atom is 0.276 e. The van der Waals surface area contributed by atoms with E-state index in [4.69, 9.17) is 9.47 Å². The minimum atomic E-state index is -0.765. The molecular formula is C22H19N3O6. The molecule has 0 spiro atoms. The van der Waals surface area contributed by atoms with E-state index in [0.717, 1.165) is 17.2 Å². The van der Waals surface area contributed by atoms with Gasteiger partial charge in [-0.2, -0.15) is 0 Å². The summed E-state index contributed by atoms with van der Waals surface area (Å²) >= 11 is 0. The number of rotatable bonds is 7. The zero-order chi connectivity index (χ0) is 22.2. The molecule has 158 valence electrons. The topological polar surface area (TPSA) is 120 Å². The SMILES string of the molecule is COc1ccc([N+](=O)[O-])cc1C(=O)NNC(=O)COc1ccccc1-c1ccccc1. The van der Waals surface area contributed by atoms with Crippen LogP contribution in [0.25, 0.3) is 11.1 Å². The van der Waals surface area contributed by atoms with Crippen molar-refractivity contribution < 1.29 is 24.0 Å². The number of carbonyl (C=O) groups excluding carboxylic acids is 2. The van der Waals surface area contributed by atoms with E-state index in [1.807, 2.05) is 42.5 Å². The van der Waals surface area contributed by atoms with E-state index >= 15 is 0 Å². The van der Waals surface area contributed by atoms with Gasteiger partial charge in [-0.3, -0.25) is 30.6 Å². The Labute approximate surface area is 177 Å². The number of para-hydroxylation sites is 1.